The van der Waals surface area contributed by atoms with E-state index in [1.54, 1.807) is 25.1 Å². The third kappa shape index (κ3) is 3.20. The van der Waals surface area contributed by atoms with Crippen LogP contribution in [0.25, 0.3) is 0 Å². The molecule has 5 heteroatoms. The Hall–Kier alpha value is -1.68. The minimum Gasteiger partial charge on any atom is -0.436 e. The van der Waals surface area contributed by atoms with E-state index in [0.29, 0.717) is 11.4 Å². The second-order valence-corrected chi connectivity index (χ2v) is 4.92. The van der Waals surface area contributed by atoms with E-state index in [4.69, 9.17) is 16.3 Å². The molecule has 0 radical (unpaired) electrons. The number of aromatic nitrogens is 2. The minimum absolute atomic E-state index is 0.114. The van der Waals surface area contributed by atoms with Crippen molar-refractivity contribution in [3.63, 3.8) is 0 Å². The third-order valence-corrected chi connectivity index (χ3v) is 2.77. The maximum absolute atomic E-state index is 13.8. The molecule has 0 aliphatic heterocycles. The Morgan fingerprint density at radius 2 is 2.00 bits per heavy atom. The molecule has 19 heavy (non-hydrogen) atoms. The molecule has 0 unspecified atom stereocenters. The lowest BCUT2D eigenvalue weighted by Gasteiger charge is -2.10. The molecule has 0 atom stereocenters. The van der Waals surface area contributed by atoms with E-state index in [1.165, 1.54) is 6.07 Å². The Bertz CT molecular complexity index is 602. The summed E-state index contributed by atoms with van der Waals surface area (Å²) in [6, 6.07) is 6.41. The molecule has 0 aliphatic rings. The first kappa shape index (κ1) is 13.7. The molecule has 1 heterocycles. The van der Waals surface area contributed by atoms with E-state index >= 15 is 0 Å². The van der Waals surface area contributed by atoms with Gasteiger partial charge in [-0.1, -0.05) is 37.6 Å². The van der Waals surface area contributed by atoms with Gasteiger partial charge < -0.3 is 4.74 Å². The fourth-order valence-corrected chi connectivity index (χ4v) is 1.72. The Balaban J connectivity index is 2.35. The standard InChI is InChI=1S/C14H14ClFN2O/c1-8(2)14-17-11(15)7-12(18-14)19-10-6-4-5-9(3)13(10)16/h4-8H,1-3H3. The van der Waals surface area contributed by atoms with E-state index in [2.05, 4.69) is 9.97 Å². The third-order valence-electron chi connectivity index (χ3n) is 2.58. The number of benzene rings is 1. The zero-order chi connectivity index (χ0) is 14.0. The number of aryl methyl sites for hydroxylation is 1. The second kappa shape index (κ2) is 5.53. The van der Waals surface area contributed by atoms with Crippen molar-refractivity contribution in [3.8, 4) is 11.6 Å². The van der Waals surface area contributed by atoms with Gasteiger partial charge >= 0.3 is 0 Å². The summed E-state index contributed by atoms with van der Waals surface area (Å²) in [6.07, 6.45) is 0. The van der Waals surface area contributed by atoms with Gasteiger partial charge in [0.05, 0.1) is 0 Å². The van der Waals surface area contributed by atoms with Crippen molar-refractivity contribution in [1.29, 1.82) is 0 Å². The van der Waals surface area contributed by atoms with Crippen molar-refractivity contribution in [2.24, 2.45) is 0 Å². The van der Waals surface area contributed by atoms with Crippen molar-refractivity contribution in [3.05, 3.63) is 46.6 Å². The van der Waals surface area contributed by atoms with Gasteiger partial charge in [-0.15, -0.1) is 0 Å². The van der Waals surface area contributed by atoms with E-state index in [0.717, 1.165) is 0 Å². The van der Waals surface area contributed by atoms with E-state index in [-0.39, 0.29) is 22.7 Å². The van der Waals surface area contributed by atoms with Crippen LogP contribution in [0.1, 0.15) is 31.2 Å². The van der Waals surface area contributed by atoms with Gasteiger partial charge in [-0.2, -0.15) is 4.98 Å². The van der Waals surface area contributed by atoms with Crippen LogP contribution in [0.5, 0.6) is 11.6 Å². The minimum atomic E-state index is -0.400. The predicted octanol–water partition coefficient (Wildman–Crippen LogP) is 4.49. The molecule has 2 aromatic rings. The van der Waals surface area contributed by atoms with Crippen LogP contribution in [0.2, 0.25) is 5.15 Å². The molecule has 2 rings (SSSR count). The molecule has 0 bridgehead atoms. The van der Waals surface area contributed by atoms with E-state index in [1.807, 2.05) is 13.8 Å². The maximum atomic E-state index is 13.8. The molecule has 0 N–H and O–H groups in total. The largest absolute Gasteiger partial charge is 0.436 e. The summed E-state index contributed by atoms with van der Waals surface area (Å²) in [7, 11) is 0. The molecule has 1 aromatic heterocycles. The molecule has 1 aromatic carbocycles. The van der Waals surface area contributed by atoms with Gasteiger partial charge in [0.25, 0.3) is 0 Å². The fraction of sp³-hybridized carbons (Fsp3) is 0.286. The molecule has 100 valence electrons. The highest BCUT2D eigenvalue weighted by molar-refractivity contribution is 6.29. The average Bonchev–Trinajstić information content (AvgIpc) is 2.34. The number of ether oxygens (including phenoxy) is 1. The summed E-state index contributed by atoms with van der Waals surface area (Å²) < 4.78 is 19.3. The first-order valence-corrected chi connectivity index (χ1v) is 6.32. The molecule has 0 saturated carbocycles. The number of nitrogens with zero attached hydrogens (tertiary/aromatic N) is 2. The quantitative estimate of drug-likeness (QED) is 0.777. The molecule has 0 fully saturated rings. The highest BCUT2D eigenvalue weighted by atomic mass is 35.5. The van der Waals surface area contributed by atoms with Crippen molar-refractivity contribution < 1.29 is 9.13 Å². The lowest BCUT2D eigenvalue weighted by atomic mass is 10.2. The van der Waals surface area contributed by atoms with E-state index < -0.39 is 5.82 Å². The van der Waals surface area contributed by atoms with Gasteiger partial charge in [-0.3, -0.25) is 0 Å². The number of halogens is 2. The van der Waals surface area contributed by atoms with Gasteiger partial charge in [0, 0.05) is 12.0 Å². The van der Waals surface area contributed by atoms with Crippen LogP contribution in [-0.2, 0) is 0 Å². The summed E-state index contributed by atoms with van der Waals surface area (Å²) in [5.41, 5.74) is 0.515. The van der Waals surface area contributed by atoms with E-state index in [9.17, 15) is 4.39 Å². The van der Waals surface area contributed by atoms with Crippen LogP contribution in [-0.4, -0.2) is 9.97 Å². The molecular weight excluding hydrogens is 267 g/mol. The number of rotatable bonds is 3. The molecule has 0 saturated heterocycles. The summed E-state index contributed by atoms with van der Waals surface area (Å²) >= 11 is 5.91. The number of hydrogen-bond acceptors (Lipinski definition) is 3. The van der Waals surface area contributed by atoms with Gasteiger partial charge in [-0.25, -0.2) is 9.37 Å². The zero-order valence-corrected chi connectivity index (χ0v) is 11.7. The van der Waals surface area contributed by atoms with Gasteiger partial charge in [0.1, 0.15) is 11.0 Å². The Kier molecular flexibility index (Phi) is 4.00. The van der Waals surface area contributed by atoms with Crippen LogP contribution < -0.4 is 4.74 Å². The summed E-state index contributed by atoms with van der Waals surface area (Å²) in [4.78, 5) is 8.31. The summed E-state index contributed by atoms with van der Waals surface area (Å²) in [5.74, 6) is 0.653. The first-order valence-electron chi connectivity index (χ1n) is 5.95. The fourth-order valence-electron chi connectivity index (χ4n) is 1.54. The predicted molar refractivity (Wildman–Crippen MR) is 72.3 cm³/mol. The molecule has 0 amide bonds. The monoisotopic (exact) mass is 280 g/mol. The van der Waals surface area contributed by atoms with Crippen LogP contribution >= 0.6 is 11.6 Å². The van der Waals surface area contributed by atoms with Crippen LogP contribution in [0.4, 0.5) is 4.39 Å². The van der Waals surface area contributed by atoms with Crippen LogP contribution in [0.15, 0.2) is 24.3 Å². The lowest BCUT2D eigenvalue weighted by Crippen LogP contribution is -2.00. The molecule has 0 spiro atoms. The van der Waals surface area contributed by atoms with Gasteiger partial charge in [0.15, 0.2) is 11.6 Å². The second-order valence-electron chi connectivity index (χ2n) is 4.53. The summed E-state index contributed by atoms with van der Waals surface area (Å²) in [6.45, 7) is 5.57. The molecule has 0 aliphatic carbocycles. The van der Waals surface area contributed by atoms with Crippen molar-refractivity contribution in [2.75, 3.05) is 0 Å². The average molecular weight is 281 g/mol. The Morgan fingerprint density at radius 1 is 1.26 bits per heavy atom. The SMILES string of the molecule is Cc1cccc(Oc2cc(Cl)nc(C(C)C)n2)c1F. The molecular formula is C14H14ClFN2O. The highest BCUT2D eigenvalue weighted by Crippen LogP contribution is 2.27. The Labute approximate surface area is 116 Å². The normalized spacial score (nSPS) is 10.8. The lowest BCUT2D eigenvalue weighted by molar-refractivity contribution is 0.421. The van der Waals surface area contributed by atoms with Crippen molar-refractivity contribution >= 4 is 11.6 Å². The number of hydrogen-bond donors (Lipinski definition) is 0. The maximum Gasteiger partial charge on any atom is 0.224 e. The molecule has 3 nitrogen and oxygen atoms in total. The van der Waals surface area contributed by atoms with Crippen molar-refractivity contribution in [1.82, 2.24) is 9.97 Å². The smallest absolute Gasteiger partial charge is 0.224 e. The van der Waals surface area contributed by atoms with Crippen LogP contribution in [0.3, 0.4) is 0 Å². The topological polar surface area (TPSA) is 35.0 Å². The van der Waals surface area contributed by atoms with Crippen LogP contribution in [0, 0.1) is 12.7 Å². The zero-order valence-electron chi connectivity index (χ0n) is 10.9. The first-order chi connectivity index (χ1) is 8.97. The summed E-state index contributed by atoms with van der Waals surface area (Å²) in [5, 5.41) is 0.279. The Morgan fingerprint density at radius 3 is 2.68 bits per heavy atom. The van der Waals surface area contributed by atoms with Gasteiger partial charge in [-0.05, 0) is 18.6 Å². The van der Waals surface area contributed by atoms with Crippen molar-refractivity contribution in [2.45, 2.75) is 26.7 Å². The van der Waals surface area contributed by atoms with Gasteiger partial charge in [0.2, 0.25) is 5.88 Å². The highest BCUT2D eigenvalue weighted by Gasteiger charge is 2.11.